The van der Waals surface area contributed by atoms with E-state index in [2.05, 4.69) is 25.1 Å². The van der Waals surface area contributed by atoms with Crippen molar-refractivity contribution in [3.05, 3.63) is 102 Å². The van der Waals surface area contributed by atoms with Gasteiger partial charge in [-0.15, -0.1) is 0 Å². The molecule has 4 N–H and O–H groups in total. The maximum atomic E-state index is 13.9. The number of rotatable bonds is 3. The van der Waals surface area contributed by atoms with Crippen LogP contribution in [0, 0.1) is 5.82 Å². The van der Waals surface area contributed by atoms with E-state index < -0.39 is 0 Å². The molecule has 33 heavy (non-hydrogen) atoms. The Kier molecular flexibility index (Phi) is 4.36. The number of imidazole rings is 1. The minimum absolute atomic E-state index is 0.304. The van der Waals surface area contributed by atoms with Crippen molar-refractivity contribution in [1.82, 2.24) is 30.1 Å². The highest BCUT2D eigenvalue weighted by molar-refractivity contribution is 5.92. The lowest BCUT2D eigenvalue weighted by atomic mass is 10.0. The predicted octanol–water partition coefficient (Wildman–Crippen LogP) is 4.38. The van der Waals surface area contributed by atoms with Crippen LogP contribution in [0.25, 0.3) is 39.3 Å². The number of fused-ring (bicyclic) bond motifs is 2. The molecule has 0 fully saturated rings. The molecule has 7 nitrogen and oxygen atoms in total. The summed E-state index contributed by atoms with van der Waals surface area (Å²) in [6.45, 7) is 0. The molecule has 1 aliphatic carbocycles. The standard InChI is InChI=1S/C25H18FN7/c26-17-3-1-2-15(10-17)19-5-4-18(27)12-21-22(19)31-25(30-21)23-20-11-16(13-29-24(20)33-32-23)14-6-8-28-9-7-14/h1-11,13H,12,27H2,(H,30,31)(H,29,32,33). The van der Waals surface area contributed by atoms with Crippen LogP contribution in [-0.2, 0) is 6.42 Å². The summed E-state index contributed by atoms with van der Waals surface area (Å²) in [4.78, 5) is 16.9. The number of allylic oxidation sites excluding steroid dienone is 3. The van der Waals surface area contributed by atoms with Crippen LogP contribution in [0.3, 0.4) is 0 Å². The van der Waals surface area contributed by atoms with Gasteiger partial charge in [-0.2, -0.15) is 5.10 Å². The number of aromatic nitrogens is 6. The number of H-pyrrole nitrogens is 2. The zero-order chi connectivity index (χ0) is 22.4. The van der Waals surface area contributed by atoms with Crippen molar-refractivity contribution >= 4 is 16.6 Å². The third kappa shape index (κ3) is 3.38. The largest absolute Gasteiger partial charge is 0.402 e. The van der Waals surface area contributed by atoms with Gasteiger partial charge in [0.15, 0.2) is 11.5 Å². The minimum atomic E-state index is -0.304. The molecule has 0 bridgehead atoms. The molecule has 0 saturated heterocycles. The minimum Gasteiger partial charge on any atom is -0.402 e. The van der Waals surface area contributed by atoms with Crippen LogP contribution >= 0.6 is 0 Å². The van der Waals surface area contributed by atoms with Crippen LogP contribution in [0.5, 0.6) is 0 Å². The van der Waals surface area contributed by atoms with Crippen molar-refractivity contribution in [2.24, 2.45) is 5.73 Å². The van der Waals surface area contributed by atoms with Crippen molar-refractivity contribution in [2.75, 3.05) is 0 Å². The van der Waals surface area contributed by atoms with Gasteiger partial charge in [0.05, 0.1) is 11.1 Å². The fourth-order valence-electron chi connectivity index (χ4n) is 4.08. The third-order valence-electron chi connectivity index (χ3n) is 5.67. The number of nitrogens with zero attached hydrogens (tertiary/aromatic N) is 4. The molecule has 0 radical (unpaired) electrons. The van der Waals surface area contributed by atoms with Crippen LogP contribution in [0.4, 0.5) is 4.39 Å². The Morgan fingerprint density at radius 2 is 1.85 bits per heavy atom. The highest BCUT2D eigenvalue weighted by atomic mass is 19.1. The molecule has 1 aliphatic rings. The van der Waals surface area contributed by atoms with Gasteiger partial charge in [0.2, 0.25) is 0 Å². The number of hydrogen-bond acceptors (Lipinski definition) is 5. The van der Waals surface area contributed by atoms with Gasteiger partial charge < -0.3 is 10.7 Å². The molecule has 4 aromatic heterocycles. The van der Waals surface area contributed by atoms with E-state index in [-0.39, 0.29) is 5.82 Å². The van der Waals surface area contributed by atoms with Crippen LogP contribution in [-0.4, -0.2) is 30.1 Å². The molecule has 0 amide bonds. The van der Waals surface area contributed by atoms with Gasteiger partial charge in [-0.05, 0) is 47.5 Å². The van der Waals surface area contributed by atoms with Crippen molar-refractivity contribution in [3.8, 4) is 22.6 Å². The Hall–Kier alpha value is -4.59. The van der Waals surface area contributed by atoms with Gasteiger partial charge >= 0.3 is 0 Å². The Labute approximate surface area is 187 Å². The van der Waals surface area contributed by atoms with E-state index in [4.69, 9.17) is 10.7 Å². The maximum absolute atomic E-state index is 13.9. The molecule has 0 atom stereocenters. The molecule has 6 rings (SSSR count). The van der Waals surface area contributed by atoms with Gasteiger partial charge in [0.25, 0.3) is 0 Å². The van der Waals surface area contributed by atoms with E-state index in [1.165, 1.54) is 12.1 Å². The molecule has 0 saturated carbocycles. The molecule has 8 heteroatoms. The molecule has 0 unspecified atom stereocenters. The fourth-order valence-corrected chi connectivity index (χ4v) is 4.08. The number of benzene rings is 1. The summed E-state index contributed by atoms with van der Waals surface area (Å²) in [5.74, 6) is 0.314. The lowest BCUT2D eigenvalue weighted by Crippen LogP contribution is -2.01. The Morgan fingerprint density at radius 3 is 2.70 bits per heavy atom. The number of halogens is 1. The summed E-state index contributed by atoms with van der Waals surface area (Å²) >= 11 is 0. The first-order chi connectivity index (χ1) is 16.2. The Balaban J connectivity index is 1.49. The lowest BCUT2D eigenvalue weighted by molar-refractivity contribution is 0.627. The molecule has 4 heterocycles. The zero-order valence-electron chi connectivity index (χ0n) is 17.4. The van der Waals surface area contributed by atoms with Crippen molar-refractivity contribution in [1.29, 1.82) is 0 Å². The number of hydrogen-bond donors (Lipinski definition) is 3. The zero-order valence-corrected chi connectivity index (χ0v) is 17.4. The summed E-state index contributed by atoms with van der Waals surface area (Å²) in [5.41, 5.74) is 13.3. The summed E-state index contributed by atoms with van der Waals surface area (Å²) in [7, 11) is 0. The van der Waals surface area contributed by atoms with Crippen LogP contribution in [0.1, 0.15) is 17.0 Å². The summed E-state index contributed by atoms with van der Waals surface area (Å²) in [6, 6.07) is 12.4. The second-order valence-electron chi connectivity index (χ2n) is 7.85. The summed E-state index contributed by atoms with van der Waals surface area (Å²) < 4.78 is 13.9. The first-order valence-electron chi connectivity index (χ1n) is 10.4. The first-order valence-corrected chi connectivity index (χ1v) is 10.4. The van der Waals surface area contributed by atoms with Crippen LogP contribution < -0.4 is 5.73 Å². The number of nitrogens with one attached hydrogen (secondary N) is 2. The highest BCUT2D eigenvalue weighted by Crippen LogP contribution is 2.33. The van der Waals surface area contributed by atoms with Crippen molar-refractivity contribution in [2.45, 2.75) is 6.42 Å². The van der Waals surface area contributed by atoms with E-state index in [1.807, 2.05) is 36.4 Å². The van der Waals surface area contributed by atoms with Gasteiger partial charge in [-0.3, -0.25) is 10.1 Å². The highest BCUT2D eigenvalue weighted by Gasteiger charge is 2.21. The van der Waals surface area contributed by atoms with E-state index >= 15 is 0 Å². The van der Waals surface area contributed by atoms with Gasteiger partial charge in [-0.25, -0.2) is 14.4 Å². The van der Waals surface area contributed by atoms with E-state index in [9.17, 15) is 4.39 Å². The molecule has 5 aromatic rings. The van der Waals surface area contributed by atoms with Crippen molar-refractivity contribution < 1.29 is 4.39 Å². The van der Waals surface area contributed by atoms with Gasteiger partial charge in [0, 0.05) is 47.5 Å². The molecule has 0 aliphatic heterocycles. The Bertz CT molecular complexity index is 1560. The maximum Gasteiger partial charge on any atom is 0.181 e. The average Bonchev–Trinajstić information content (AvgIpc) is 3.40. The SMILES string of the molecule is NC1=CC=C(c2cccc(F)c2)c2nc(-c3[nH]nc4ncc(-c5ccncc5)cc34)[nH]c2C1. The number of pyridine rings is 2. The van der Waals surface area contributed by atoms with E-state index in [0.29, 0.717) is 23.6 Å². The van der Waals surface area contributed by atoms with Gasteiger partial charge in [0.1, 0.15) is 11.5 Å². The normalized spacial score (nSPS) is 13.4. The quantitative estimate of drug-likeness (QED) is 0.390. The molecule has 160 valence electrons. The summed E-state index contributed by atoms with van der Waals surface area (Å²) in [5, 5.41) is 8.25. The third-order valence-corrected chi connectivity index (χ3v) is 5.67. The first kappa shape index (κ1) is 19.1. The molecule has 1 aromatic carbocycles. The second-order valence-corrected chi connectivity index (χ2v) is 7.85. The second kappa shape index (κ2) is 7.52. The Morgan fingerprint density at radius 1 is 0.970 bits per heavy atom. The number of aromatic amines is 2. The number of nitrogens with two attached hydrogens (primary N) is 1. The monoisotopic (exact) mass is 435 g/mol. The lowest BCUT2D eigenvalue weighted by Gasteiger charge is -2.05. The van der Waals surface area contributed by atoms with Crippen LogP contribution in [0.15, 0.2) is 78.9 Å². The van der Waals surface area contributed by atoms with Gasteiger partial charge in [-0.1, -0.05) is 18.2 Å². The predicted molar refractivity (Wildman–Crippen MR) is 124 cm³/mol. The molecular weight excluding hydrogens is 417 g/mol. The average molecular weight is 435 g/mol. The van der Waals surface area contributed by atoms with Crippen LogP contribution in [0.2, 0.25) is 0 Å². The van der Waals surface area contributed by atoms with E-state index in [1.54, 1.807) is 24.7 Å². The molecular formula is C25H18FN7. The van der Waals surface area contributed by atoms with E-state index in [0.717, 1.165) is 44.7 Å². The molecule has 0 spiro atoms. The summed E-state index contributed by atoms with van der Waals surface area (Å²) in [6.07, 6.45) is 9.51. The van der Waals surface area contributed by atoms with Crippen molar-refractivity contribution in [3.63, 3.8) is 0 Å². The fraction of sp³-hybridized carbons (Fsp3) is 0.0400. The topological polar surface area (TPSA) is 109 Å². The smallest absolute Gasteiger partial charge is 0.181 e.